The number of anilines is 3. The third-order valence-electron chi connectivity index (χ3n) is 1.83. The predicted octanol–water partition coefficient (Wildman–Crippen LogP) is -0.540. The van der Waals surface area contributed by atoms with Crippen molar-refractivity contribution < 1.29 is 5.11 Å². The molecule has 1 aromatic rings. The van der Waals surface area contributed by atoms with Crippen LogP contribution in [0.1, 0.15) is 6.92 Å². The van der Waals surface area contributed by atoms with Gasteiger partial charge in [-0.15, -0.1) is 0 Å². The third kappa shape index (κ3) is 2.46. The Morgan fingerprint density at radius 1 is 1.43 bits per heavy atom. The van der Waals surface area contributed by atoms with Crippen molar-refractivity contribution in [3.05, 3.63) is 6.07 Å². The molecule has 5 N–H and O–H groups in total. The van der Waals surface area contributed by atoms with Crippen molar-refractivity contribution in [3.63, 3.8) is 0 Å². The summed E-state index contributed by atoms with van der Waals surface area (Å²) in [5.74, 6) is 1.13. The highest BCUT2D eigenvalue weighted by Crippen LogP contribution is 2.14. The quantitative estimate of drug-likeness (QED) is 0.599. The van der Waals surface area contributed by atoms with Gasteiger partial charge < -0.3 is 21.5 Å². The molecule has 6 heteroatoms. The summed E-state index contributed by atoms with van der Waals surface area (Å²) in [7, 11) is 0. The Morgan fingerprint density at radius 2 is 2.14 bits per heavy atom. The number of aliphatic hydroxyl groups is 1. The second-order valence-electron chi connectivity index (χ2n) is 2.81. The monoisotopic (exact) mass is 197 g/mol. The van der Waals surface area contributed by atoms with Gasteiger partial charge in [-0.1, -0.05) is 0 Å². The molecule has 14 heavy (non-hydrogen) atoms. The number of nitrogen functional groups attached to an aromatic ring is 2. The number of rotatable bonds is 4. The molecule has 0 atom stereocenters. The number of hydrogen-bond donors (Lipinski definition) is 3. The fourth-order valence-corrected chi connectivity index (χ4v) is 1.19. The molecule has 1 heterocycles. The molecule has 6 nitrogen and oxygen atoms in total. The predicted molar refractivity (Wildman–Crippen MR) is 55.8 cm³/mol. The van der Waals surface area contributed by atoms with Gasteiger partial charge in [-0.25, -0.2) is 0 Å². The van der Waals surface area contributed by atoms with Crippen molar-refractivity contribution in [2.75, 3.05) is 36.1 Å². The van der Waals surface area contributed by atoms with E-state index in [1.54, 1.807) is 6.07 Å². The molecule has 1 aromatic heterocycles. The van der Waals surface area contributed by atoms with Gasteiger partial charge >= 0.3 is 0 Å². The van der Waals surface area contributed by atoms with Crippen molar-refractivity contribution >= 4 is 17.6 Å². The number of likely N-dealkylation sites (N-methyl/N-ethyl adjacent to an activating group) is 1. The van der Waals surface area contributed by atoms with Crippen molar-refractivity contribution in [2.24, 2.45) is 0 Å². The maximum atomic E-state index is 8.82. The summed E-state index contributed by atoms with van der Waals surface area (Å²) in [5, 5.41) is 8.82. The zero-order chi connectivity index (χ0) is 10.6. The molecule has 0 aliphatic carbocycles. The van der Waals surface area contributed by atoms with Crippen LogP contribution in [0.4, 0.5) is 17.6 Å². The average Bonchev–Trinajstić information content (AvgIpc) is 2.12. The maximum Gasteiger partial charge on any atom is 0.223 e. The second-order valence-corrected chi connectivity index (χ2v) is 2.81. The topological polar surface area (TPSA) is 101 Å². The maximum absolute atomic E-state index is 8.82. The lowest BCUT2D eigenvalue weighted by molar-refractivity contribution is 0.302. The van der Waals surface area contributed by atoms with Crippen LogP contribution in [0.25, 0.3) is 0 Å². The highest BCUT2D eigenvalue weighted by molar-refractivity contribution is 5.50. The molecule has 0 radical (unpaired) electrons. The Hall–Kier alpha value is -1.56. The molecule has 1 rings (SSSR count). The van der Waals surface area contributed by atoms with Gasteiger partial charge in [-0.2, -0.15) is 9.97 Å². The van der Waals surface area contributed by atoms with E-state index in [0.717, 1.165) is 6.54 Å². The number of nitrogens with two attached hydrogens (primary N) is 2. The van der Waals surface area contributed by atoms with Gasteiger partial charge in [0.1, 0.15) is 11.6 Å². The van der Waals surface area contributed by atoms with Crippen LogP contribution in [0.2, 0.25) is 0 Å². The van der Waals surface area contributed by atoms with Crippen LogP contribution in [-0.2, 0) is 0 Å². The lowest BCUT2D eigenvalue weighted by atomic mass is 10.4. The Morgan fingerprint density at radius 3 is 2.64 bits per heavy atom. The smallest absolute Gasteiger partial charge is 0.223 e. The summed E-state index contributed by atoms with van der Waals surface area (Å²) in [6.07, 6.45) is 0. The van der Waals surface area contributed by atoms with Crippen LogP contribution in [-0.4, -0.2) is 34.8 Å². The first kappa shape index (κ1) is 10.5. The summed E-state index contributed by atoms with van der Waals surface area (Å²) >= 11 is 0. The minimum Gasteiger partial charge on any atom is -0.395 e. The third-order valence-corrected chi connectivity index (χ3v) is 1.83. The first-order chi connectivity index (χ1) is 6.67. The Bertz CT molecular complexity index is 284. The standard InChI is InChI=1S/C8H15N5O/c1-2-13(3-4-14)7-5-6(9)11-8(10)12-7/h5,14H,2-4H2,1H3,(H4,9,10,11,12). The molecule has 0 saturated heterocycles. The average molecular weight is 197 g/mol. The molecular weight excluding hydrogens is 182 g/mol. The highest BCUT2D eigenvalue weighted by Gasteiger charge is 2.06. The zero-order valence-corrected chi connectivity index (χ0v) is 8.14. The number of hydrogen-bond acceptors (Lipinski definition) is 6. The van der Waals surface area contributed by atoms with Gasteiger partial charge in [0, 0.05) is 19.2 Å². The van der Waals surface area contributed by atoms with Crippen LogP contribution in [0.3, 0.4) is 0 Å². The molecule has 0 amide bonds. The van der Waals surface area contributed by atoms with E-state index in [9.17, 15) is 0 Å². The van der Waals surface area contributed by atoms with E-state index >= 15 is 0 Å². The SMILES string of the molecule is CCN(CCO)c1cc(N)nc(N)n1. The Balaban J connectivity index is 2.91. The fourth-order valence-electron chi connectivity index (χ4n) is 1.19. The molecule has 0 spiro atoms. The van der Waals surface area contributed by atoms with Crippen molar-refractivity contribution in [1.82, 2.24) is 9.97 Å². The molecule has 78 valence electrons. The Kier molecular flexibility index (Phi) is 3.47. The molecule has 0 aliphatic rings. The lowest BCUT2D eigenvalue weighted by Crippen LogP contribution is -2.27. The van der Waals surface area contributed by atoms with Crippen molar-refractivity contribution in [2.45, 2.75) is 6.92 Å². The molecule has 0 fully saturated rings. The van der Waals surface area contributed by atoms with Gasteiger partial charge in [0.15, 0.2) is 0 Å². The molecule has 0 unspecified atom stereocenters. The lowest BCUT2D eigenvalue weighted by Gasteiger charge is -2.20. The minimum atomic E-state index is 0.0671. The van der Waals surface area contributed by atoms with E-state index in [1.165, 1.54) is 0 Å². The number of aromatic nitrogens is 2. The molecule has 0 aromatic carbocycles. The van der Waals surface area contributed by atoms with E-state index in [1.807, 2.05) is 11.8 Å². The second kappa shape index (κ2) is 4.61. The van der Waals surface area contributed by atoms with Crippen LogP contribution in [0.15, 0.2) is 6.07 Å². The molecule has 0 aliphatic heterocycles. The van der Waals surface area contributed by atoms with E-state index in [0.29, 0.717) is 18.2 Å². The largest absolute Gasteiger partial charge is 0.395 e. The van der Waals surface area contributed by atoms with E-state index < -0.39 is 0 Å². The first-order valence-corrected chi connectivity index (χ1v) is 4.43. The summed E-state index contributed by atoms with van der Waals surface area (Å²) in [5.41, 5.74) is 11.0. The van der Waals surface area contributed by atoms with Gasteiger partial charge in [0.25, 0.3) is 0 Å². The van der Waals surface area contributed by atoms with Crippen LogP contribution < -0.4 is 16.4 Å². The summed E-state index contributed by atoms with van der Waals surface area (Å²) in [6, 6.07) is 1.63. The summed E-state index contributed by atoms with van der Waals surface area (Å²) in [4.78, 5) is 9.66. The normalized spacial score (nSPS) is 10.1. The fraction of sp³-hybridized carbons (Fsp3) is 0.500. The minimum absolute atomic E-state index is 0.0671. The van der Waals surface area contributed by atoms with E-state index in [4.69, 9.17) is 16.6 Å². The van der Waals surface area contributed by atoms with Gasteiger partial charge in [0.2, 0.25) is 5.95 Å². The van der Waals surface area contributed by atoms with Gasteiger partial charge in [-0.3, -0.25) is 0 Å². The van der Waals surface area contributed by atoms with Gasteiger partial charge in [-0.05, 0) is 6.92 Å². The molecular formula is C8H15N5O. The van der Waals surface area contributed by atoms with Crippen LogP contribution in [0, 0.1) is 0 Å². The summed E-state index contributed by atoms with van der Waals surface area (Å²) < 4.78 is 0. The number of nitrogens with zero attached hydrogens (tertiary/aromatic N) is 3. The molecule has 0 bridgehead atoms. The number of aliphatic hydroxyl groups excluding tert-OH is 1. The van der Waals surface area contributed by atoms with Crippen LogP contribution in [0.5, 0.6) is 0 Å². The zero-order valence-electron chi connectivity index (χ0n) is 8.14. The van der Waals surface area contributed by atoms with Crippen molar-refractivity contribution in [1.29, 1.82) is 0 Å². The first-order valence-electron chi connectivity index (χ1n) is 4.43. The summed E-state index contributed by atoms with van der Waals surface area (Å²) in [6.45, 7) is 3.27. The molecule has 0 saturated carbocycles. The van der Waals surface area contributed by atoms with Crippen molar-refractivity contribution in [3.8, 4) is 0 Å². The highest BCUT2D eigenvalue weighted by atomic mass is 16.3. The van der Waals surface area contributed by atoms with Crippen LogP contribution >= 0.6 is 0 Å². The van der Waals surface area contributed by atoms with E-state index in [-0.39, 0.29) is 12.6 Å². The Labute approximate surface area is 82.6 Å². The van der Waals surface area contributed by atoms with Gasteiger partial charge in [0.05, 0.1) is 6.61 Å². The van der Waals surface area contributed by atoms with E-state index in [2.05, 4.69) is 9.97 Å².